The monoisotopic (exact) mass is 260 g/mol. The van der Waals surface area contributed by atoms with Gasteiger partial charge < -0.3 is 5.73 Å². The minimum Gasteiger partial charge on any atom is -0.330 e. The van der Waals surface area contributed by atoms with Crippen molar-refractivity contribution in [3.05, 3.63) is 0 Å². The summed E-state index contributed by atoms with van der Waals surface area (Å²) in [6.07, 6.45) is 7.34. The quantitative estimate of drug-likeness (QED) is 0.758. The van der Waals surface area contributed by atoms with Crippen LogP contribution in [0.2, 0.25) is 0 Å². The van der Waals surface area contributed by atoms with E-state index >= 15 is 0 Å². The fourth-order valence-corrected chi connectivity index (χ4v) is 5.13. The second-order valence-corrected chi connectivity index (χ2v) is 7.36. The van der Waals surface area contributed by atoms with E-state index < -0.39 is 10.0 Å². The first-order valence-electron chi connectivity index (χ1n) is 6.85. The fraction of sp³-hybridized carbons (Fsp3) is 1.00. The number of nitrogens with two attached hydrogens (primary N) is 1. The summed E-state index contributed by atoms with van der Waals surface area (Å²) >= 11 is 0. The van der Waals surface area contributed by atoms with Gasteiger partial charge in [-0.05, 0) is 44.6 Å². The third-order valence-electron chi connectivity index (χ3n) is 4.17. The molecule has 0 aromatic rings. The maximum Gasteiger partial charge on any atom is 0.214 e. The summed E-state index contributed by atoms with van der Waals surface area (Å²) in [6, 6.07) is 0.312. The molecule has 1 saturated carbocycles. The maximum absolute atomic E-state index is 12.2. The normalized spacial score (nSPS) is 30.4. The lowest BCUT2D eigenvalue weighted by Crippen LogP contribution is -2.40. The van der Waals surface area contributed by atoms with Gasteiger partial charge in [-0.2, -0.15) is 4.31 Å². The molecule has 1 saturated heterocycles. The molecular formula is C12H24N2O2S. The molecule has 2 rings (SSSR count). The van der Waals surface area contributed by atoms with E-state index in [1.165, 1.54) is 19.3 Å². The summed E-state index contributed by atoms with van der Waals surface area (Å²) in [5.41, 5.74) is 5.41. The summed E-state index contributed by atoms with van der Waals surface area (Å²) in [5.74, 6) is 0.918. The first-order valence-corrected chi connectivity index (χ1v) is 8.45. The first kappa shape index (κ1) is 13.3. The Hall–Kier alpha value is -0.130. The second kappa shape index (κ2) is 5.67. The average molecular weight is 260 g/mol. The largest absolute Gasteiger partial charge is 0.330 e. The van der Waals surface area contributed by atoms with Gasteiger partial charge in [0, 0.05) is 12.6 Å². The molecule has 0 bridgehead atoms. The van der Waals surface area contributed by atoms with Crippen LogP contribution >= 0.6 is 0 Å². The summed E-state index contributed by atoms with van der Waals surface area (Å²) < 4.78 is 26.3. The number of fused-ring (bicyclic) bond motifs is 1. The van der Waals surface area contributed by atoms with Crippen molar-refractivity contribution in [2.75, 3.05) is 18.8 Å². The summed E-state index contributed by atoms with van der Waals surface area (Å²) in [5, 5.41) is 0. The minimum atomic E-state index is -3.02. The molecule has 1 aliphatic carbocycles. The number of hydrogen-bond acceptors (Lipinski definition) is 3. The zero-order valence-corrected chi connectivity index (χ0v) is 11.3. The molecule has 1 heterocycles. The smallest absolute Gasteiger partial charge is 0.214 e. The summed E-state index contributed by atoms with van der Waals surface area (Å²) in [7, 11) is -3.02. The Kier molecular flexibility index (Phi) is 4.44. The van der Waals surface area contributed by atoms with Gasteiger partial charge in [0.05, 0.1) is 5.75 Å². The molecule has 5 heteroatoms. The van der Waals surface area contributed by atoms with E-state index in [0.29, 0.717) is 24.9 Å². The number of rotatable bonds is 5. The van der Waals surface area contributed by atoms with Gasteiger partial charge in [-0.25, -0.2) is 8.42 Å². The van der Waals surface area contributed by atoms with Gasteiger partial charge in [-0.15, -0.1) is 0 Å². The molecule has 2 atom stereocenters. The molecule has 1 aliphatic heterocycles. The van der Waals surface area contributed by atoms with Gasteiger partial charge in [0.1, 0.15) is 0 Å². The van der Waals surface area contributed by atoms with Crippen molar-refractivity contribution in [2.45, 2.75) is 51.0 Å². The van der Waals surface area contributed by atoms with E-state index in [0.717, 1.165) is 25.8 Å². The van der Waals surface area contributed by atoms with E-state index in [4.69, 9.17) is 5.73 Å². The van der Waals surface area contributed by atoms with Crippen LogP contribution in [0.3, 0.4) is 0 Å². The molecule has 2 fully saturated rings. The van der Waals surface area contributed by atoms with Crippen LogP contribution in [0.15, 0.2) is 0 Å². The number of sulfonamides is 1. The third-order valence-corrected chi connectivity index (χ3v) is 6.15. The Bertz CT molecular complexity index is 342. The lowest BCUT2D eigenvalue weighted by atomic mass is 9.86. The molecule has 2 N–H and O–H groups in total. The standard InChI is InChI=1S/C12H24N2O2S/c13-8-3-4-10-17(15,16)14-9-7-11-5-1-2-6-12(11)14/h11-12H,1-10,13H2. The predicted octanol–water partition coefficient (Wildman–Crippen LogP) is 1.32. The zero-order chi connectivity index (χ0) is 12.3. The molecular weight excluding hydrogens is 236 g/mol. The van der Waals surface area contributed by atoms with E-state index in [-0.39, 0.29) is 5.75 Å². The number of nitrogens with zero attached hydrogens (tertiary/aromatic N) is 1. The second-order valence-electron chi connectivity index (χ2n) is 5.32. The van der Waals surface area contributed by atoms with Crippen LogP contribution in [0.25, 0.3) is 0 Å². The summed E-state index contributed by atoms with van der Waals surface area (Å²) in [6.45, 7) is 1.34. The molecule has 0 aromatic heterocycles. The van der Waals surface area contributed by atoms with Crippen LogP contribution in [-0.2, 0) is 10.0 Å². The zero-order valence-electron chi connectivity index (χ0n) is 10.5. The molecule has 2 unspecified atom stereocenters. The van der Waals surface area contributed by atoms with Gasteiger partial charge in [0.25, 0.3) is 0 Å². The Balaban J connectivity index is 1.96. The predicted molar refractivity (Wildman–Crippen MR) is 69.1 cm³/mol. The molecule has 2 aliphatic rings. The Morgan fingerprint density at radius 1 is 1.12 bits per heavy atom. The highest BCUT2D eigenvalue weighted by molar-refractivity contribution is 7.89. The van der Waals surface area contributed by atoms with Crippen LogP contribution in [0.4, 0.5) is 0 Å². The molecule has 17 heavy (non-hydrogen) atoms. The van der Waals surface area contributed by atoms with Gasteiger partial charge in [0.15, 0.2) is 0 Å². The van der Waals surface area contributed by atoms with Crippen molar-refractivity contribution >= 4 is 10.0 Å². The maximum atomic E-state index is 12.2. The topological polar surface area (TPSA) is 63.4 Å². The Labute approximate surface area is 105 Å². The Morgan fingerprint density at radius 3 is 2.65 bits per heavy atom. The third kappa shape index (κ3) is 3.01. The molecule has 100 valence electrons. The molecule has 0 aromatic carbocycles. The van der Waals surface area contributed by atoms with E-state index in [1.807, 2.05) is 0 Å². The van der Waals surface area contributed by atoms with Gasteiger partial charge >= 0.3 is 0 Å². The van der Waals surface area contributed by atoms with Crippen molar-refractivity contribution < 1.29 is 8.42 Å². The average Bonchev–Trinajstić information content (AvgIpc) is 2.73. The highest BCUT2D eigenvalue weighted by Crippen LogP contribution is 2.37. The first-order chi connectivity index (χ1) is 8.15. The Morgan fingerprint density at radius 2 is 1.88 bits per heavy atom. The lowest BCUT2D eigenvalue weighted by Gasteiger charge is -2.31. The number of hydrogen-bond donors (Lipinski definition) is 1. The van der Waals surface area contributed by atoms with Gasteiger partial charge in [0.2, 0.25) is 10.0 Å². The van der Waals surface area contributed by atoms with Crippen LogP contribution < -0.4 is 5.73 Å². The van der Waals surface area contributed by atoms with Crippen molar-refractivity contribution in [1.29, 1.82) is 0 Å². The molecule has 4 nitrogen and oxygen atoms in total. The van der Waals surface area contributed by atoms with Crippen LogP contribution in [0.1, 0.15) is 44.9 Å². The van der Waals surface area contributed by atoms with Crippen molar-refractivity contribution in [3.8, 4) is 0 Å². The van der Waals surface area contributed by atoms with Crippen molar-refractivity contribution in [2.24, 2.45) is 11.7 Å². The molecule has 0 radical (unpaired) electrons. The van der Waals surface area contributed by atoms with Crippen molar-refractivity contribution in [1.82, 2.24) is 4.31 Å². The molecule has 0 spiro atoms. The molecule has 0 amide bonds. The minimum absolute atomic E-state index is 0.285. The highest BCUT2D eigenvalue weighted by Gasteiger charge is 2.41. The van der Waals surface area contributed by atoms with Crippen molar-refractivity contribution in [3.63, 3.8) is 0 Å². The fourth-order valence-electron chi connectivity index (χ4n) is 3.25. The highest BCUT2D eigenvalue weighted by atomic mass is 32.2. The van der Waals surface area contributed by atoms with Crippen LogP contribution in [-0.4, -0.2) is 37.6 Å². The van der Waals surface area contributed by atoms with Gasteiger partial charge in [-0.3, -0.25) is 0 Å². The SMILES string of the molecule is NCCCCS(=O)(=O)N1CCC2CCCCC21. The van der Waals surface area contributed by atoms with E-state index in [2.05, 4.69) is 0 Å². The summed E-state index contributed by atoms with van der Waals surface area (Å²) in [4.78, 5) is 0. The number of unbranched alkanes of at least 4 members (excludes halogenated alkanes) is 1. The van der Waals surface area contributed by atoms with Gasteiger partial charge in [-0.1, -0.05) is 12.8 Å². The lowest BCUT2D eigenvalue weighted by molar-refractivity contribution is 0.260. The van der Waals surface area contributed by atoms with E-state index in [9.17, 15) is 8.42 Å². The van der Waals surface area contributed by atoms with E-state index in [1.54, 1.807) is 4.31 Å². The van der Waals surface area contributed by atoms with Crippen LogP contribution in [0, 0.1) is 5.92 Å². The van der Waals surface area contributed by atoms with Crippen LogP contribution in [0.5, 0.6) is 0 Å².